The Balaban J connectivity index is 1.81. The number of thioether (sulfide) groups is 1. The lowest BCUT2D eigenvalue weighted by Crippen LogP contribution is -2.29. The summed E-state index contributed by atoms with van der Waals surface area (Å²) in [5, 5.41) is 3.06. The fourth-order valence-corrected chi connectivity index (χ4v) is 7.00. The van der Waals surface area contributed by atoms with E-state index in [1.165, 1.54) is 27.1 Å². The van der Waals surface area contributed by atoms with Gasteiger partial charge in [0.05, 0.1) is 23.3 Å². The van der Waals surface area contributed by atoms with Crippen LogP contribution in [0.2, 0.25) is 0 Å². The predicted octanol–water partition coefficient (Wildman–Crippen LogP) is 2.46. The van der Waals surface area contributed by atoms with Crippen LogP contribution >= 0.6 is 23.1 Å². The number of aryl methyl sites for hydroxylation is 2. The van der Waals surface area contributed by atoms with Crippen LogP contribution in [0.25, 0.3) is 0 Å². The zero-order valence-electron chi connectivity index (χ0n) is 12.5. The molecule has 0 aliphatic carbocycles. The number of carbonyl (C=O) groups excluding carboxylic acids is 1. The monoisotopic (exact) mass is 347 g/mol. The molecule has 0 bridgehead atoms. The molecule has 0 saturated carbocycles. The van der Waals surface area contributed by atoms with Gasteiger partial charge in [-0.3, -0.25) is 4.79 Å². The first kappa shape index (κ1) is 16.8. The van der Waals surface area contributed by atoms with Gasteiger partial charge in [0, 0.05) is 15.0 Å². The third-order valence-corrected chi connectivity index (χ3v) is 7.83. The zero-order chi connectivity index (χ0) is 15.6. The summed E-state index contributed by atoms with van der Waals surface area (Å²) in [6, 6.07) is 2.11. The molecule has 1 aliphatic heterocycles. The van der Waals surface area contributed by atoms with Crippen LogP contribution in [0.4, 0.5) is 0 Å². The van der Waals surface area contributed by atoms with Crippen LogP contribution in [0, 0.1) is 13.8 Å². The Morgan fingerprint density at radius 1 is 1.52 bits per heavy atom. The van der Waals surface area contributed by atoms with Gasteiger partial charge in [-0.2, -0.15) is 0 Å². The molecule has 118 valence electrons. The minimum Gasteiger partial charge on any atom is -0.349 e. The van der Waals surface area contributed by atoms with Gasteiger partial charge in [-0.1, -0.05) is 0 Å². The number of carbonyl (C=O) groups is 1. The van der Waals surface area contributed by atoms with Crippen molar-refractivity contribution in [2.24, 2.45) is 0 Å². The van der Waals surface area contributed by atoms with E-state index in [0.29, 0.717) is 12.2 Å². The molecule has 0 spiro atoms. The fraction of sp³-hybridized carbons (Fsp3) is 0.643. The van der Waals surface area contributed by atoms with E-state index in [0.717, 1.165) is 0 Å². The molecule has 1 fully saturated rings. The van der Waals surface area contributed by atoms with E-state index in [1.54, 1.807) is 11.3 Å². The van der Waals surface area contributed by atoms with Gasteiger partial charge in [0.1, 0.15) is 0 Å². The third kappa shape index (κ3) is 4.72. The average molecular weight is 348 g/mol. The number of hydrogen-bond donors (Lipinski definition) is 1. The first-order valence-corrected chi connectivity index (χ1v) is 10.6. The Morgan fingerprint density at radius 2 is 2.24 bits per heavy atom. The third-order valence-electron chi connectivity index (χ3n) is 3.56. The van der Waals surface area contributed by atoms with E-state index in [4.69, 9.17) is 0 Å². The van der Waals surface area contributed by atoms with Gasteiger partial charge in [0.2, 0.25) is 5.91 Å². The van der Waals surface area contributed by atoms with E-state index in [-0.39, 0.29) is 28.7 Å². The molecular formula is C14H21NO3S3. The van der Waals surface area contributed by atoms with E-state index < -0.39 is 9.84 Å². The quantitative estimate of drug-likeness (QED) is 0.889. The van der Waals surface area contributed by atoms with E-state index in [1.807, 2.05) is 6.92 Å². The van der Waals surface area contributed by atoms with Gasteiger partial charge in [0.25, 0.3) is 0 Å². The molecule has 7 heteroatoms. The van der Waals surface area contributed by atoms with Crippen molar-refractivity contribution >= 4 is 38.8 Å². The maximum atomic E-state index is 12.0. The van der Waals surface area contributed by atoms with Crippen molar-refractivity contribution in [3.63, 3.8) is 0 Å². The van der Waals surface area contributed by atoms with Crippen molar-refractivity contribution in [1.29, 1.82) is 0 Å². The van der Waals surface area contributed by atoms with Crippen molar-refractivity contribution in [1.82, 2.24) is 5.32 Å². The summed E-state index contributed by atoms with van der Waals surface area (Å²) in [5.74, 6) is 0.770. The molecule has 1 aliphatic rings. The van der Waals surface area contributed by atoms with Crippen molar-refractivity contribution in [2.75, 3.05) is 17.3 Å². The molecule has 4 nitrogen and oxygen atoms in total. The van der Waals surface area contributed by atoms with Gasteiger partial charge in [-0.15, -0.1) is 23.1 Å². The van der Waals surface area contributed by atoms with Gasteiger partial charge >= 0.3 is 0 Å². The smallest absolute Gasteiger partial charge is 0.230 e. The number of amides is 1. The van der Waals surface area contributed by atoms with Gasteiger partial charge in [-0.05, 0) is 38.8 Å². The molecule has 0 unspecified atom stereocenters. The highest BCUT2D eigenvalue weighted by Gasteiger charge is 2.28. The number of hydrogen-bond acceptors (Lipinski definition) is 5. The van der Waals surface area contributed by atoms with Gasteiger partial charge < -0.3 is 5.32 Å². The summed E-state index contributed by atoms with van der Waals surface area (Å²) in [7, 11) is -2.86. The average Bonchev–Trinajstić information content (AvgIpc) is 2.89. The molecule has 1 N–H and O–H groups in total. The van der Waals surface area contributed by atoms with Crippen LogP contribution in [0.1, 0.15) is 34.7 Å². The number of nitrogens with one attached hydrogen (secondary N) is 1. The predicted molar refractivity (Wildman–Crippen MR) is 89.9 cm³/mol. The first-order valence-electron chi connectivity index (χ1n) is 6.95. The summed E-state index contributed by atoms with van der Waals surface area (Å²) < 4.78 is 22.8. The highest BCUT2D eigenvalue weighted by atomic mass is 32.2. The van der Waals surface area contributed by atoms with E-state index >= 15 is 0 Å². The summed E-state index contributed by atoms with van der Waals surface area (Å²) in [5.41, 5.74) is 1.17. The second kappa shape index (κ2) is 6.71. The van der Waals surface area contributed by atoms with E-state index in [9.17, 15) is 13.2 Å². The topological polar surface area (TPSA) is 63.2 Å². The second-order valence-electron chi connectivity index (χ2n) is 5.49. The van der Waals surface area contributed by atoms with Crippen molar-refractivity contribution in [3.8, 4) is 0 Å². The summed E-state index contributed by atoms with van der Waals surface area (Å²) in [4.78, 5) is 14.5. The van der Waals surface area contributed by atoms with Crippen LogP contribution in [0.5, 0.6) is 0 Å². The van der Waals surface area contributed by atoms with Crippen LogP contribution < -0.4 is 5.32 Å². The van der Waals surface area contributed by atoms with Gasteiger partial charge in [0.15, 0.2) is 9.84 Å². The molecule has 1 aromatic rings. The maximum Gasteiger partial charge on any atom is 0.230 e. The molecule has 2 atom stereocenters. The molecule has 1 saturated heterocycles. The first-order chi connectivity index (χ1) is 9.77. The maximum absolute atomic E-state index is 12.0. The highest BCUT2D eigenvalue weighted by molar-refractivity contribution is 8.02. The lowest BCUT2D eigenvalue weighted by Gasteiger charge is -2.14. The highest BCUT2D eigenvalue weighted by Crippen LogP contribution is 2.27. The summed E-state index contributed by atoms with van der Waals surface area (Å²) in [6.07, 6.45) is 0.665. The van der Waals surface area contributed by atoms with Crippen molar-refractivity contribution in [3.05, 3.63) is 21.4 Å². The molecule has 21 heavy (non-hydrogen) atoms. The van der Waals surface area contributed by atoms with Crippen LogP contribution in [0.3, 0.4) is 0 Å². The Bertz CT molecular complexity index is 621. The standard InChI is InChI=1S/C14H21NO3S3/c1-9-6-13(11(3)20-9)10(2)15-14(16)7-19-12-4-5-21(17,18)8-12/h6,10,12H,4-5,7-8H2,1-3H3,(H,15,16)/t10-,12-/m0/s1. The molecule has 2 heterocycles. The van der Waals surface area contributed by atoms with Gasteiger partial charge in [-0.25, -0.2) is 8.42 Å². The van der Waals surface area contributed by atoms with Crippen LogP contribution in [0.15, 0.2) is 6.07 Å². The Hall–Kier alpha value is -0.530. The van der Waals surface area contributed by atoms with Crippen LogP contribution in [-0.4, -0.2) is 36.8 Å². The van der Waals surface area contributed by atoms with Crippen molar-refractivity contribution in [2.45, 2.75) is 38.5 Å². The normalized spacial score (nSPS) is 22.1. The lowest BCUT2D eigenvalue weighted by molar-refractivity contribution is -0.119. The molecular weight excluding hydrogens is 326 g/mol. The molecule has 2 rings (SSSR count). The van der Waals surface area contributed by atoms with Crippen molar-refractivity contribution < 1.29 is 13.2 Å². The zero-order valence-corrected chi connectivity index (χ0v) is 15.0. The van der Waals surface area contributed by atoms with E-state index in [2.05, 4.69) is 25.2 Å². The number of rotatable bonds is 5. The summed E-state index contributed by atoms with van der Waals surface area (Å²) in [6.45, 7) is 6.11. The minimum absolute atomic E-state index is 0.00430. The number of sulfone groups is 1. The second-order valence-corrected chi connectivity index (χ2v) is 10.5. The largest absolute Gasteiger partial charge is 0.349 e. The Labute approximate surface area is 134 Å². The van der Waals surface area contributed by atoms with Crippen LogP contribution in [-0.2, 0) is 14.6 Å². The summed E-state index contributed by atoms with van der Waals surface area (Å²) >= 11 is 3.19. The Kier molecular flexibility index (Phi) is 5.38. The molecule has 0 radical (unpaired) electrons. The molecule has 1 amide bonds. The minimum atomic E-state index is -2.86. The molecule has 1 aromatic heterocycles. The SMILES string of the molecule is Cc1cc([C@H](C)NC(=O)CS[C@H]2CCS(=O)(=O)C2)c(C)s1. The Morgan fingerprint density at radius 3 is 2.76 bits per heavy atom. The fourth-order valence-electron chi connectivity index (χ4n) is 2.53. The number of thiophene rings is 1. The lowest BCUT2D eigenvalue weighted by atomic mass is 10.1. The molecule has 0 aromatic carbocycles.